The van der Waals surface area contributed by atoms with Gasteiger partial charge in [0.25, 0.3) is 0 Å². The molecule has 0 radical (unpaired) electrons. The first-order valence-electron chi connectivity index (χ1n) is 9.85. The highest BCUT2D eigenvalue weighted by Gasteiger charge is 2.61. The summed E-state index contributed by atoms with van der Waals surface area (Å²) in [6, 6.07) is 10.8. The van der Waals surface area contributed by atoms with Gasteiger partial charge in [-0.2, -0.15) is 4.98 Å². The summed E-state index contributed by atoms with van der Waals surface area (Å²) in [5, 5.41) is 8.15. The Morgan fingerprint density at radius 1 is 1.13 bits per heavy atom. The SMILES string of the molecule is O=CCn1nc(-c2ccc(N3CC4(C3)CC(F)(F)C4)nc2)nc1Nc1ccc(Cl)cc1. The van der Waals surface area contributed by atoms with Crippen molar-refractivity contribution in [2.24, 2.45) is 5.41 Å². The van der Waals surface area contributed by atoms with Crippen molar-refractivity contribution in [1.82, 2.24) is 19.7 Å². The summed E-state index contributed by atoms with van der Waals surface area (Å²) in [6.45, 7) is 1.27. The van der Waals surface area contributed by atoms with E-state index in [1.165, 1.54) is 4.68 Å². The van der Waals surface area contributed by atoms with Crippen LogP contribution in [0, 0.1) is 5.41 Å². The minimum Gasteiger partial charge on any atom is -0.355 e. The smallest absolute Gasteiger partial charge is 0.249 e. The molecule has 5 rings (SSSR count). The summed E-state index contributed by atoms with van der Waals surface area (Å²) < 4.78 is 27.8. The van der Waals surface area contributed by atoms with Crippen molar-refractivity contribution >= 4 is 35.3 Å². The van der Waals surface area contributed by atoms with Crippen LogP contribution in [0.2, 0.25) is 5.02 Å². The lowest BCUT2D eigenvalue weighted by Gasteiger charge is -2.59. The van der Waals surface area contributed by atoms with Crippen molar-refractivity contribution in [3.05, 3.63) is 47.6 Å². The Hall–Kier alpha value is -3.07. The zero-order valence-electron chi connectivity index (χ0n) is 16.4. The van der Waals surface area contributed by atoms with Gasteiger partial charge in [-0.15, -0.1) is 5.10 Å². The number of nitrogens with zero attached hydrogens (tertiary/aromatic N) is 5. The molecule has 0 unspecified atom stereocenters. The summed E-state index contributed by atoms with van der Waals surface area (Å²) in [6.07, 6.45) is 2.34. The first kappa shape index (κ1) is 19.9. The highest BCUT2D eigenvalue weighted by atomic mass is 35.5. The van der Waals surface area contributed by atoms with Gasteiger partial charge >= 0.3 is 0 Å². The van der Waals surface area contributed by atoms with Gasteiger partial charge in [0, 0.05) is 53.8 Å². The molecule has 7 nitrogen and oxygen atoms in total. The number of aromatic nitrogens is 4. The molecule has 1 aliphatic heterocycles. The summed E-state index contributed by atoms with van der Waals surface area (Å²) in [7, 11) is 0. The Morgan fingerprint density at radius 2 is 1.87 bits per heavy atom. The predicted molar refractivity (Wildman–Crippen MR) is 113 cm³/mol. The van der Waals surface area contributed by atoms with E-state index in [4.69, 9.17) is 11.6 Å². The van der Waals surface area contributed by atoms with E-state index in [2.05, 4.69) is 20.4 Å². The fraction of sp³-hybridized carbons (Fsp3) is 0.333. The van der Waals surface area contributed by atoms with Crippen LogP contribution in [-0.2, 0) is 11.3 Å². The Morgan fingerprint density at radius 3 is 2.48 bits per heavy atom. The fourth-order valence-electron chi connectivity index (χ4n) is 4.32. The molecule has 1 saturated carbocycles. The van der Waals surface area contributed by atoms with Crippen LogP contribution in [-0.4, -0.2) is 45.0 Å². The number of rotatable bonds is 6. The molecule has 2 aromatic heterocycles. The van der Waals surface area contributed by atoms with Gasteiger partial charge in [-0.05, 0) is 36.4 Å². The largest absolute Gasteiger partial charge is 0.355 e. The predicted octanol–water partition coefficient (Wildman–Crippen LogP) is 4.17. The van der Waals surface area contributed by atoms with Gasteiger partial charge in [-0.3, -0.25) is 0 Å². The maximum Gasteiger partial charge on any atom is 0.249 e. The lowest BCUT2D eigenvalue weighted by molar-refractivity contribution is -0.170. The first-order chi connectivity index (χ1) is 14.8. The number of benzene rings is 1. The number of carbonyl (C=O) groups is 1. The zero-order valence-corrected chi connectivity index (χ0v) is 17.2. The molecule has 160 valence electrons. The summed E-state index contributed by atoms with van der Waals surface area (Å²) in [4.78, 5) is 22.0. The number of carbonyl (C=O) groups excluding carboxylic acids is 1. The molecule has 10 heteroatoms. The highest BCUT2D eigenvalue weighted by molar-refractivity contribution is 6.30. The second kappa shape index (κ2) is 7.26. The van der Waals surface area contributed by atoms with E-state index in [9.17, 15) is 13.6 Å². The topological polar surface area (TPSA) is 75.9 Å². The van der Waals surface area contributed by atoms with E-state index in [0.29, 0.717) is 35.4 Å². The molecule has 3 heterocycles. The first-order valence-corrected chi connectivity index (χ1v) is 10.2. The second-order valence-corrected chi connectivity index (χ2v) is 8.65. The lowest BCUT2D eigenvalue weighted by Crippen LogP contribution is -2.66. The molecule has 3 aromatic rings. The van der Waals surface area contributed by atoms with Gasteiger partial charge in [-0.25, -0.2) is 18.4 Å². The third-order valence-corrected chi connectivity index (χ3v) is 5.92. The number of pyridine rings is 1. The van der Waals surface area contributed by atoms with E-state index < -0.39 is 5.92 Å². The average molecular weight is 445 g/mol. The van der Waals surface area contributed by atoms with E-state index >= 15 is 0 Å². The van der Waals surface area contributed by atoms with Crippen LogP contribution in [0.15, 0.2) is 42.6 Å². The molecule has 1 aliphatic carbocycles. The van der Waals surface area contributed by atoms with E-state index in [1.807, 2.05) is 17.0 Å². The summed E-state index contributed by atoms with van der Waals surface area (Å²) in [5.74, 6) is -0.913. The van der Waals surface area contributed by atoms with Crippen molar-refractivity contribution < 1.29 is 13.6 Å². The quantitative estimate of drug-likeness (QED) is 0.575. The monoisotopic (exact) mass is 444 g/mol. The fourth-order valence-corrected chi connectivity index (χ4v) is 4.44. The van der Waals surface area contributed by atoms with E-state index in [1.54, 1.807) is 30.5 Å². The van der Waals surface area contributed by atoms with Crippen molar-refractivity contribution in [3.8, 4) is 11.4 Å². The van der Waals surface area contributed by atoms with Crippen LogP contribution in [0.3, 0.4) is 0 Å². The molecular formula is C21H19ClF2N6O. The Bertz CT molecular complexity index is 1100. The molecular weight excluding hydrogens is 426 g/mol. The maximum absolute atomic E-state index is 13.2. The normalized spacial score (nSPS) is 18.4. The van der Waals surface area contributed by atoms with Gasteiger partial charge in [0.05, 0.1) is 0 Å². The van der Waals surface area contributed by atoms with Gasteiger partial charge in [0.1, 0.15) is 18.6 Å². The molecule has 2 fully saturated rings. The van der Waals surface area contributed by atoms with Crippen molar-refractivity contribution in [2.45, 2.75) is 25.3 Å². The van der Waals surface area contributed by atoms with Crippen molar-refractivity contribution in [3.63, 3.8) is 0 Å². The summed E-state index contributed by atoms with van der Waals surface area (Å²) >= 11 is 5.92. The van der Waals surface area contributed by atoms with Gasteiger partial charge in [0.2, 0.25) is 11.9 Å². The number of hydrogen-bond acceptors (Lipinski definition) is 6. The zero-order chi connectivity index (χ0) is 21.6. The van der Waals surface area contributed by atoms with Crippen LogP contribution in [0.1, 0.15) is 12.8 Å². The van der Waals surface area contributed by atoms with Crippen LogP contribution >= 0.6 is 11.6 Å². The number of nitrogens with one attached hydrogen (secondary N) is 1. The highest BCUT2D eigenvalue weighted by Crippen LogP contribution is 2.57. The Labute approximate surface area is 182 Å². The van der Waals surface area contributed by atoms with Crippen LogP contribution in [0.5, 0.6) is 0 Å². The lowest BCUT2D eigenvalue weighted by atomic mass is 9.61. The standard InChI is InChI=1S/C21H19ClF2N6O/c22-15-2-4-16(5-3-15)26-19-27-18(28-30(19)7-8-31)14-1-6-17(25-9-14)29-12-20(13-29)10-21(23,24)11-20/h1-6,8-9H,7,10-13H2,(H,26,27,28). The molecule has 1 aromatic carbocycles. The van der Waals surface area contributed by atoms with Gasteiger partial charge in [-0.1, -0.05) is 11.6 Å². The molecule has 1 N–H and O–H groups in total. The average Bonchev–Trinajstić information content (AvgIpc) is 3.09. The Kier molecular flexibility index (Phi) is 4.65. The minimum absolute atomic E-state index is 0.0317. The van der Waals surface area contributed by atoms with E-state index in [-0.39, 0.29) is 24.8 Å². The van der Waals surface area contributed by atoms with Gasteiger partial charge in [0.15, 0.2) is 5.82 Å². The van der Waals surface area contributed by atoms with Gasteiger partial charge < -0.3 is 15.0 Å². The second-order valence-electron chi connectivity index (χ2n) is 8.21. The van der Waals surface area contributed by atoms with Crippen LogP contribution in [0.25, 0.3) is 11.4 Å². The van der Waals surface area contributed by atoms with Crippen molar-refractivity contribution in [1.29, 1.82) is 0 Å². The van der Waals surface area contributed by atoms with Crippen LogP contribution < -0.4 is 10.2 Å². The molecule has 0 atom stereocenters. The molecule has 1 spiro atoms. The third-order valence-electron chi connectivity index (χ3n) is 5.67. The Balaban J connectivity index is 1.31. The number of anilines is 3. The molecule has 31 heavy (non-hydrogen) atoms. The van der Waals surface area contributed by atoms with E-state index in [0.717, 1.165) is 17.8 Å². The number of halogens is 3. The summed E-state index contributed by atoms with van der Waals surface area (Å²) in [5.41, 5.74) is 1.21. The maximum atomic E-state index is 13.2. The molecule has 0 amide bonds. The molecule has 0 bridgehead atoms. The molecule has 2 aliphatic rings. The number of aldehydes is 1. The van der Waals surface area contributed by atoms with Crippen molar-refractivity contribution in [2.75, 3.05) is 23.3 Å². The molecule has 1 saturated heterocycles. The number of hydrogen-bond donors (Lipinski definition) is 1. The third kappa shape index (κ3) is 3.85. The van der Waals surface area contributed by atoms with Crippen LogP contribution in [0.4, 0.5) is 26.2 Å². The minimum atomic E-state index is -2.51. The number of alkyl halides is 2.